The van der Waals surface area contributed by atoms with Gasteiger partial charge >= 0.3 is 17.9 Å². The molecule has 1 atom stereocenters. The average Bonchev–Trinajstić information content (AvgIpc) is 3.41. The summed E-state index contributed by atoms with van der Waals surface area (Å²) < 4.78 is 16.9. The number of unbranched alkanes of at least 4 members (excludes halogenated alkanes) is 27. The fraction of sp³-hybridized carbons (Fsp3) is 0.696. The van der Waals surface area contributed by atoms with Crippen molar-refractivity contribution in [3.05, 3.63) is 109 Å². The molecule has 0 radical (unpaired) electrons. The molecule has 0 aliphatic rings. The minimum absolute atomic E-state index is 0.0888. The Bertz CT molecular complexity index is 1520. The number of hydrogen-bond donors (Lipinski definition) is 0. The van der Waals surface area contributed by atoms with Gasteiger partial charge in [0.05, 0.1) is 0 Å². The molecule has 0 N–H and O–H groups in total. The van der Waals surface area contributed by atoms with Gasteiger partial charge in [-0.3, -0.25) is 14.4 Å². The second kappa shape index (κ2) is 62.6. The maximum absolute atomic E-state index is 12.9. The third-order valence-electron chi connectivity index (χ3n) is 13.3. The number of carbonyl (C=O) groups excluding carboxylic acids is 3. The van der Waals surface area contributed by atoms with Crippen molar-refractivity contribution in [2.45, 2.75) is 297 Å². The molecule has 428 valence electrons. The van der Waals surface area contributed by atoms with Crippen LogP contribution in [0.15, 0.2) is 109 Å². The quantitative estimate of drug-likeness (QED) is 0.0261. The number of hydrogen-bond acceptors (Lipinski definition) is 6. The van der Waals surface area contributed by atoms with E-state index >= 15 is 0 Å². The molecule has 0 heterocycles. The molecule has 0 amide bonds. The Morgan fingerprint density at radius 2 is 0.520 bits per heavy atom. The summed E-state index contributed by atoms with van der Waals surface area (Å²) in [6.07, 6.45) is 85.1. The highest BCUT2D eigenvalue weighted by atomic mass is 16.6. The van der Waals surface area contributed by atoms with E-state index in [2.05, 4.69) is 130 Å². The highest BCUT2D eigenvalue weighted by Gasteiger charge is 2.19. The normalized spacial score (nSPS) is 12.8. The summed E-state index contributed by atoms with van der Waals surface area (Å²) in [5.74, 6) is -0.917. The first kappa shape index (κ1) is 71.1. The van der Waals surface area contributed by atoms with Gasteiger partial charge in [-0.25, -0.2) is 0 Å². The Morgan fingerprint density at radius 3 is 0.813 bits per heavy atom. The molecule has 0 aliphatic heterocycles. The lowest BCUT2D eigenvalue weighted by atomic mass is 10.1. The summed E-state index contributed by atoms with van der Waals surface area (Å²) in [4.78, 5) is 38.2. The smallest absolute Gasteiger partial charge is 0.306 e. The van der Waals surface area contributed by atoms with Crippen LogP contribution in [0, 0.1) is 0 Å². The van der Waals surface area contributed by atoms with Crippen LogP contribution in [-0.2, 0) is 28.6 Å². The molecule has 0 aromatic heterocycles. The molecule has 0 rings (SSSR count). The first-order chi connectivity index (χ1) is 37.0. The monoisotopic (exact) mass is 1040 g/mol. The topological polar surface area (TPSA) is 78.9 Å². The number of carbonyl (C=O) groups is 3. The molecule has 1 unspecified atom stereocenters. The molecular formula is C69H116O6. The Kier molecular flexibility index (Phi) is 59.3. The zero-order valence-corrected chi connectivity index (χ0v) is 49.0. The lowest BCUT2D eigenvalue weighted by molar-refractivity contribution is -0.167. The molecule has 0 saturated carbocycles. The SMILES string of the molecule is CC/C=C\C/C=C\C/C=C\C/C=C\C/C=C\C/C=C\CCCCCCC(=O)OCC(COC(=O)CCCCCCCCCCCCC)OC(=O)CCCCCCCCCC/C=C\C/C=C\C/C=C\CCCCCCC. The van der Waals surface area contributed by atoms with Gasteiger partial charge in [-0.2, -0.15) is 0 Å². The lowest BCUT2D eigenvalue weighted by Gasteiger charge is -2.18. The fourth-order valence-electron chi connectivity index (χ4n) is 8.57. The van der Waals surface area contributed by atoms with E-state index in [-0.39, 0.29) is 31.1 Å². The van der Waals surface area contributed by atoms with Gasteiger partial charge in [-0.05, 0) is 109 Å². The van der Waals surface area contributed by atoms with Gasteiger partial charge in [0.1, 0.15) is 13.2 Å². The maximum Gasteiger partial charge on any atom is 0.306 e. The second-order valence-corrected chi connectivity index (χ2v) is 20.6. The molecule has 0 bridgehead atoms. The number of rotatable bonds is 56. The molecule has 6 heteroatoms. The Balaban J connectivity index is 4.38. The van der Waals surface area contributed by atoms with E-state index in [0.717, 1.165) is 128 Å². The Labute approximate surface area is 463 Å². The van der Waals surface area contributed by atoms with Crippen molar-refractivity contribution in [3.8, 4) is 0 Å². The van der Waals surface area contributed by atoms with Crippen LogP contribution in [0.4, 0.5) is 0 Å². The third-order valence-corrected chi connectivity index (χ3v) is 13.3. The Hall–Kier alpha value is -3.93. The van der Waals surface area contributed by atoms with Crippen molar-refractivity contribution in [3.63, 3.8) is 0 Å². The van der Waals surface area contributed by atoms with Gasteiger partial charge in [-0.15, -0.1) is 0 Å². The van der Waals surface area contributed by atoms with E-state index in [1.54, 1.807) is 0 Å². The predicted molar refractivity (Wildman–Crippen MR) is 325 cm³/mol. The molecule has 0 spiro atoms. The predicted octanol–water partition coefficient (Wildman–Crippen LogP) is 21.4. The van der Waals surface area contributed by atoms with Crippen LogP contribution < -0.4 is 0 Å². The molecule has 0 fully saturated rings. The Morgan fingerprint density at radius 1 is 0.280 bits per heavy atom. The number of ether oxygens (including phenoxy) is 3. The molecule has 0 aromatic carbocycles. The van der Waals surface area contributed by atoms with Crippen LogP contribution in [0.5, 0.6) is 0 Å². The third kappa shape index (κ3) is 60.8. The molecule has 75 heavy (non-hydrogen) atoms. The van der Waals surface area contributed by atoms with Crippen molar-refractivity contribution >= 4 is 17.9 Å². The standard InChI is InChI=1S/C69H116O6/c1-4-7-10-13-16-19-22-24-26-28-30-32-34-36-38-40-42-44-47-50-53-56-59-62-68(71)74-65-66(64-73-67(70)61-58-55-52-49-46-21-18-15-12-9-6-3)75-69(72)63-60-57-54-51-48-45-43-41-39-37-35-33-31-29-27-25-23-20-17-14-11-8-5-2/h7,10,16,19,23-26,29-32,35-38,42,44,66H,4-6,8-9,11-15,17-18,20-22,27-28,33-34,39-41,43,45-65H2,1-3H3/b10-7-,19-16-,25-23-,26-24-,31-29-,32-30-,37-35-,38-36-,44-42-. The minimum Gasteiger partial charge on any atom is -0.462 e. The highest BCUT2D eigenvalue weighted by molar-refractivity contribution is 5.71. The van der Waals surface area contributed by atoms with Gasteiger partial charge in [-0.1, -0.05) is 271 Å². The second-order valence-electron chi connectivity index (χ2n) is 20.6. The van der Waals surface area contributed by atoms with Gasteiger partial charge in [0, 0.05) is 19.3 Å². The van der Waals surface area contributed by atoms with Crippen LogP contribution >= 0.6 is 0 Å². The number of esters is 3. The summed E-state index contributed by atoms with van der Waals surface area (Å²) in [7, 11) is 0. The van der Waals surface area contributed by atoms with Crippen LogP contribution in [0.1, 0.15) is 290 Å². The summed E-state index contributed by atoms with van der Waals surface area (Å²) >= 11 is 0. The van der Waals surface area contributed by atoms with E-state index < -0.39 is 6.10 Å². The number of allylic oxidation sites excluding steroid dienone is 18. The van der Waals surface area contributed by atoms with Crippen LogP contribution in [0.2, 0.25) is 0 Å². The van der Waals surface area contributed by atoms with E-state index in [1.165, 1.54) is 122 Å². The van der Waals surface area contributed by atoms with Crippen LogP contribution in [0.3, 0.4) is 0 Å². The first-order valence-corrected chi connectivity index (χ1v) is 31.4. The molecule has 0 aromatic rings. The van der Waals surface area contributed by atoms with Gasteiger partial charge < -0.3 is 14.2 Å². The van der Waals surface area contributed by atoms with Crippen molar-refractivity contribution in [1.29, 1.82) is 0 Å². The zero-order valence-electron chi connectivity index (χ0n) is 49.0. The fourth-order valence-corrected chi connectivity index (χ4v) is 8.57. The minimum atomic E-state index is -0.794. The maximum atomic E-state index is 12.9. The van der Waals surface area contributed by atoms with Crippen molar-refractivity contribution in [1.82, 2.24) is 0 Å². The molecule has 6 nitrogen and oxygen atoms in total. The summed E-state index contributed by atoms with van der Waals surface area (Å²) in [5, 5.41) is 0. The average molecular weight is 1040 g/mol. The van der Waals surface area contributed by atoms with Crippen molar-refractivity contribution in [2.24, 2.45) is 0 Å². The van der Waals surface area contributed by atoms with Crippen molar-refractivity contribution in [2.75, 3.05) is 13.2 Å². The van der Waals surface area contributed by atoms with Gasteiger partial charge in [0.15, 0.2) is 6.10 Å². The highest BCUT2D eigenvalue weighted by Crippen LogP contribution is 2.15. The molecular weight excluding hydrogens is 925 g/mol. The molecule has 0 saturated heterocycles. The summed E-state index contributed by atoms with van der Waals surface area (Å²) in [6.45, 7) is 6.49. The van der Waals surface area contributed by atoms with E-state index in [1.807, 2.05) is 0 Å². The van der Waals surface area contributed by atoms with Gasteiger partial charge in [0.25, 0.3) is 0 Å². The molecule has 0 aliphatic carbocycles. The van der Waals surface area contributed by atoms with Gasteiger partial charge in [0.2, 0.25) is 0 Å². The lowest BCUT2D eigenvalue weighted by Crippen LogP contribution is -2.30. The van der Waals surface area contributed by atoms with Crippen LogP contribution in [-0.4, -0.2) is 37.2 Å². The summed E-state index contributed by atoms with van der Waals surface area (Å²) in [5.41, 5.74) is 0. The first-order valence-electron chi connectivity index (χ1n) is 31.4. The zero-order chi connectivity index (χ0) is 54.3. The van der Waals surface area contributed by atoms with E-state index in [9.17, 15) is 14.4 Å². The van der Waals surface area contributed by atoms with E-state index in [4.69, 9.17) is 14.2 Å². The van der Waals surface area contributed by atoms with E-state index in [0.29, 0.717) is 19.3 Å². The van der Waals surface area contributed by atoms with Crippen LogP contribution in [0.25, 0.3) is 0 Å². The van der Waals surface area contributed by atoms with Crippen molar-refractivity contribution < 1.29 is 28.6 Å². The largest absolute Gasteiger partial charge is 0.462 e. The summed E-state index contributed by atoms with van der Waals surface area (Å²) in [6, 6.07) is 0.